The van der Waals surface area contributed by atoms with E-state index in [0.717, 1.165) is 11.3 Å². The highest BCUT2D eigenvalue weighted by atomic mass is 32.2. The lowest BCUT2D eigenvalue weighted by Gasteiger charge is -2.13. The average molecular weight is 347 g/mol. The molecule has 0 fully saturated rings. The number of ether oxygens (including phenoxy) is 2. The van der Waals surface area contributed by atoms with Crippen LogP contribution in [0.2, 0.25) is 0 Å². The zero-order chi connectivity index (χ0) is 17.2. The molecule has 0 saturated carbocycles. The lowest BCUT2D eigenvalue weighted by atomic mass is 10.0. The van der Waals surface area contributed by atoms with Gasteiger partial charge in [-0.3, -0.25) is 0 Å². The van der Waals surface area contributed by atoms with E-state index >= 15 is 0 Å². The Labute approximate surface area is 142 Å². The van der Waals surface area contributed by atoms with Crippen LogP contribution in [0.5, 0.6) is 11.5 Å². The molecule has 2 aromatic rings. The van der Waals surface area contributed by atoms with E-state index in [1.165, 1.54) is 0 Å². The summed E-state index contributed by atoms with van der Waals surface area (Å²) in [5, 5.41) is 0. The van der Waals surface area contributed by atoms with Gasteiger partial charge in [0, 0.05) is 18.0 Å². The van der Waals surface area contributed by atoms with Crippen molar-refractivity contribution in [2.75, 3.05) is 13.2 Å². The van der Waals surface area contributed by atoms with Crippen molar-refractivity contribution in [3.8, 4) is 11.5 Å². The van der Waals surface area contributed by atoms with Gasteiger partial charge in [-0.05, 0) is 44.2 Å². The highest BCUT2D eigenvalue weighted by Crippen LogP contribution is 2.33. The molecule has 1 N–H and O–H groups in total. The van der Waals surface area contributed by atoms with Gasteiger partial charge in [0.2, 0.25) is 10.0 Å². The van der Waals surface area contributed by atoms with Crippen molar-refractivity contribution in [2.45, 2.75) is 30.8 Å². The second kappa shape index (κ2) is 6.83. The molecule has 1 atom stereocenters. The maximum absolute atomic E-state index is 12.4. The van der Waals surface area contributed by atoms with Gasteiger partial charge in [-0.25, -0.2) is 13.1 Å². The van der Waals surface area contributed by atoms with Crippen molar-refractivity contribution in [2.24, 2.45) is 0 Å². The summed E-state index contributed by atoms with van der Waals surface area (Å²) < 4.78 is 38.7. The fourth-order valence-electron chi connectivity index (χ4n) is 2.66. The number of fused-ring (bicyclic) bond motifs is 1. The van der Waals surface area contributed by atoms with Crippen LogP contribution < -0.4 is 14.2 Å². The molecule has 3 rings (SSSR count). The van der Waals surface area contributed by atoms with E-state index in [-0.39, 0.29) is 16.9 Å². The monoisotopic (exact) mass is 347 g/mol. The Balaban J connectivity index is 1.66. The molecule has 0 spiro atoms. The molecule has 5 nitrogen and oxygen atoms in total. The van der Waals surface area contributed by atoms with Crippen LogP contribution in [0.25, 0.3) is 0 Å². The Morgan fingerprint density at radius 1 is 1.17 bits per heavy atom. The van der Waals surface area contributed by atoms with E-state index in [1.54, 1.807) is 24.3 Å². The summed E-state index contributed by atoms with van der Waals surface area (Å²) in [7, 11) is -3.56. The molecular weight excluding hydrogens is 326 g/mol. The molecule has 0 bridgehead atoms. The highest BCUT2D eigenvalue weighted by molar-refractivity contribution is 7.89. The fourth-order valence-corrected chi connectivity index (χ4v) is 3.74. The van der Waals surface area contributed by atoms with Crippen LogP contribution in [-0.2, 0) is 10.0 Å². The molecule has 0 aromatic heterocycles. The standard InChI is InChI=1S/C18H21NO4S/c1-13(2)23-15-7-9-16(10-8-15)24(20,21)19-11-14-12-22-18-6-4-3-5-17(14)18/h3-10,13-14,19H,11-12H2,1-2H3. The van der Waals surface area contributed by atoms with Crippen LogP contribution in [0.15, 0.2) is 53.4 Å². The van der Waals surface area contributed by atoms with Crippen molar-refractivity contribution >= 4 is 10.0 Å². The molecule has 0 saturated heterocycles. The molecule has 128 valence electrons. The van der Waals surface area contributed by atoms with Gasteiger partial charge in [0.25, 0.3) is 0 Å². The number of sulfonamides is 1. The predicted octanol–water partition coefficient (Wildman–Crippen LogP) is 2.93. The van der Waals surface area contributed by atoms with E-state index in [4.69, 9.17) is 9.47 Å². The Morgan fingerprint density at radius 2 is 1.88 bits per heavy atom. The third-order valence-electron chi connectivity index (χ3n) is 3.82. The molecule has 6 heteroatoms. The van der Waals surface area contributed by atoms with E-state index in [2.05, 4.69) is 4.72 Å². The second-order valence-corrected chi connectivity index (χ2v) is 7.80. The zero-order valence-electron chi connectivity index (χ0n) is 13.7. The summed E-state index contributed by atoms with van der Waals surface area (Å²) in [6.45, 7) is 4.65. The third kappa shape index (κ3) is 3.71. The first kappa shape index (κ1) is 16.8. The number of benzene rings is 2. The van der Waals surface area contributed by atoms with Crippen molar-refractivity contribution < 1.29 is 17.9 Å². The first-order chi connectivity index (χ1) is 11.5. The lowest BCUT2D eigenvalue weighted by Crippen LogP contribution is -2.29. The normalized spacial score (nSPS) is 16.7. The smallest absolute Gasteiger partial charge is 0.240 e. The summed E-state index contributed by atoms with van der Waals surface area (Å²) in [6, 6.07) is 14.2. The Bertz CT molecular complexity index is 800. The number of rotatable bonds is 6. The molecule has 2 aromatic carbocycles. The van der Waals surface area contributed by atoms with E-state index in [0.29, 0.717) is 18.9 Å². The van der Waals surface area contributed by atoms with Crippen LogP contribution in [0.1, 0.15) is 25.3 Å². The van der Waals surface area contributed by atoms with Gasteiger partial charge in [0.05, 0.1) is 17.6 Å². The first-order valence-corrected chi connectivity index (χ1v) is 9.42. The summed E-state index contributed by atoms with van der Waals surface area (Å²) >= 11 is 0. The summed E-state index contributed by atoms with van der Waals surface area (Å²) in [5.41, 5.74) is 1.04. The van der Waals surface area contributed by atoms with Gasteiger partial charge in [-0.1, -0.05) is 18.2 Å². The van der Waals surface area contributed by atoms with Crippen LogP contribution in [0.4, 0.5) is 0 Å². The summed E-state index contributed by atoms with van der Waals surface area (Å²) in [5.74, 6) is 1.51. The SMILES string of the molecule is CC(C)Oc1ccc(S(=O)(=O)NCC2COc3ccccc32)cc1. The van der Waals surface area contributed by atoms with Crippen molar-refractivity contribution in [3.63, 3.8) is 0 Å². The molecular formula is C18H21NO4S. The van der Waals surface area contributed by atoms with Gasteiger partial charge in [-0.15, -0.1) is 0 Å². The highest BCUT2D eigenvalue weighted by Gasteiger charge is 2.25. The van der Waals surface area contributed by atoms with Gasteiger partial charge >= 0.3 is 0 Å². The second-order valence-electron chi connectivity index (χ2n) is 6.04. The minimum Gasteiger partial charge on any atom is -0.493 e. The molecule has 24 heavy (non-hydrogen) atoms. The predicted molar refractivity (Wildman–Crippen MR) is 92.1 cm³/mol. The molecule has 0 radical (unpaired) electrons. The quantitative estimate of drug-likeness (QED) is 0.873. The minimum atomic E-state index is -3.56. The average Bonchev–Trinajstić information content (AvgIpc) is 2.96. The Kier molecular flexibility index (Phi) is 4.78. The largest absolute Gasteiger partial charge is 0.493 e. The molecule has 0 amide bonds. The van der Waals surface area contributed by atoms with E-state index < -0.39 is 10.0 Å². The number of para-hydroxylation sites is 1. The molecule has 0 aliphatic carbocycles. The van der Waals surface area contributed by atoms with Gasteiger partial charge in [-0.2, -0.15) is 0 Å². The summed E-state index contributed by atoms with van der Waals surface area (Å²) in [4.78, 5) is 0.228. The van der Waals surface area contributed by atoms with Crippen LogP contribution in [0.3, 0.4) is 0 Å². The molecule has 1 heterocycles. The van der Waals surface area contributed by atoms with Gasteiger partial charge in [0.15, 0.2) is 0 Å². The lowest BCUT2D eigenvalue weighted by molar-refractivity contribution is 0.242. The minimum absolute atomic E-state index is 0.0273. The maximum Gasteiger partial charge on any atom is 0.240 e. The third-order valence-corrected chi connectivity index (χ3v) is 5.26. The van der Waals surface area contributed by atoms with Crippen molar-refractivity contribution in [3.05, 3.63) is 54.1 Å². The number of hydrogen-bond acceptors (Lipinski definition) is 4. The Morgan fingerprint density at radius 3 is 2.58 bits per heavy atom. The zero-order valence-corrected chi connectivity index (χ0v) is 14.5. The molecule has 1 aliphatic rings. The van der Waals surface area contributed by atoms with E-state index in [9.17, 15) is 8.42 Å². The van der Waals surface area contributed by atoms with Gasteiger partial charge in [0.1, 0.15) is 11.5 Å². The van der Waals surface area contributed by atoms with Crippen molar-refractivity contribution in [1.29, 1.82) is 0 Å². The fraction of sp³-hybridized carbons (Fsp3) is 0.333. The molecule has 1 unspecified atom stereocenters. The summed E-state index contributed by atoms with van der Waals surface area (Å²) in [6.07, 6.45) is 0.0491. The van der Waals surface area contributed by atoms with Crippen LogP contribution in [-0.4, -0.2) is 27.7 Å². The van der Waals surface area contributed by atoms with Crippen molar-refractivity contribution in [1.82, 2.24) is 4.72 Å². The van der Waals surface area contributed by atoms with E-state index in [1.807, 2.05) is 38.1 Å². The number of hydrogen-bond donors (Lipinski definition) is 1. The van der Waals surface area contributed by atoms with Crippen LogP contribution in [0, 0.1) is 0 Å². The molecule has 1 aliphatic heterocycles. The first-order valence-electron chi connectivity index (χ1n) is 7.94. The number of nitrogens with one attached hydrogen (secondary N) is 1. The topological polar surface area (TPSA) is 64.6 Å². The van der Waals surface area contributed by atoms with Gasteiger partial charge < -0.3 is 9.47 Å². The van der Waals surface area contributed by atoms with Crippen LogP contribution >= 0.6 is 0 Å². The maximum atomic E-state index is 12.4. The Hall–Kier alpha value is -2.05.